The zero-order valence-electron chi connectivity index (χ0n) is 19.4. The lowest BCUT2D eigenvalue weighted by Crippen LogP contribution is -2.50. The topological polar surface area (TPSA) is 66.3 Å². The Balaban J connectivity index is 1.31. The molecule has 4 heterocycles. The summed E-state index contributed by atoms with van der Waals surface area (Å²) in [6.45, 7) is 4.49. The van der Waals surface area contributed by atoms with Gasteiger partial charge in [0.2, 0.25) is 0 Å². The molecule has 0 spiro atoms. The number of anilines is 2. The monoisotopic (exact) mass is 468 g/mol. The molecule has 0 aliphatic carbocycles. The summed E-state index contributed by atoms with van der Waals surface area (Å²) in [5.74, 6) is 0.591. The standard InChI is InChI=1S/C27H25FN6O/c1-18-25(27(35)33-14-12-32(13-15-33)22-8-6-21(28)7-9-22)26(34-24(31-18)10-11-30-34)20-16-19-4-2-3-5-23(19)29-17-20/h2-11,16-17,26,31H,12-15H2,1H3. The summed E-state index contributed by atoms with van der Waals surface area (Å²) in [6, 6.07) is 18.1. The van der Waals surface area contributed by atoms with Crippen molar-refractivity contribution in [1.82, 2.24) is 19.7 Å². The molecule has 1 fully saturated rings. The SMILES string of the molecule is CC1=C(C(=O)N2CCN(c3ccc(F)cc3)CC2)C(c2cnc3ccccc3c2)n2nccc2N1. The molecule has 1 amide bonds. The summed E-state index contributed by atoms with van der Waals surface area (Å²) in [5, 5.41) is 8.92. The Hall–Kier alpha value is -4.20. The lowest BCUT2D eigenvalue weighted by molar-refractivity contribution is -0.128. The Labute approximate surface area is 202 Å². The summed E-state index contributed by atoms with van der Waals surface area (Å²) >= 11 is 0. The van der Waals surface area contributed by atoms with Crippen LogP contribution in [-0.4, -0.2) is 51.8 Å². The minimum Gasteiger partial charge on any atom is -0.368 e. The zero-order valence-corrected chi connectivity index (χ0v) is 19.4. The van der Waals surface area contributed by atoms with Crippen LogP contribution in [0.5, 0.6) is 0 Å². The molecule has 6 rings (SSSR count). The minimum absolute atomic E-state index is 0.00642. The van der Waals surface area contributed by atoms with Crippen LogP contribution in [0.2, 0.25) is 0 Å². The molecule has 4 aromatic rings. The van der Waals surface area contributed by atoms with Gasteiger partial charge >= 0.3 is 0 Å². The van der Waals surface area contributed by atoms with Crippen molar-refractivity contribution in [2.45, 2.75) is 13.0 Å². The van der Waals surface area contributed by atoms with Crippen LogP contribution in [-0.2, 0) is 4.79 Å². The highest BCUT2D eigenvalue weighted by Gasteiger charge is 2.36. The van der Waals surface area contributed by atoms with Gasteiger partial charge in [-0.2, -0.15) is 5.10 Å². The second-order valence-electron chi connectivity index (χ2n) is 8.94. The van der Waals surface area contributed by atoms with E-state index in [1.165, 1.54) is 12.1 Å². The number of nitrogens with zero attached hydrogens (tertiary/aromatic N) is 5. The lowest BCUT2D eigenvalue weighted by Gasteiger charge is -2.38. The smallest absolute Gasteiger partial charge is 0.254 e. The van der Waals surface area contributed by atoms with Gasteiger partial charge in [-0.25, -0.2) is 9.07 Å². The maximum Gasteiger partial charge on any atom is 0.254 e. The molecule has 7 nitrogen and oxygen atoms in total. The number of rotatable bonds is 3. The first-order chi connectivity index (χ1) is 17.1. The fourth-order valence-electron chi connectivity index (χ4n) is 5.02. The van der Waals surface area contributed by atoms with Crippen LogP contribution in [0.4, 0.5) is 15.9 Å². The van der Waals surface area contributed by atoms with Crippen molar-refractivity contribution in [1.29, 1.82) is 0 Å². The van der Waals surface area contributed by atoms with E-state index in [0.717, 1.165) is 33.7 Å². The Morgan fingerprint density at radius 1 is 1.03 bits per heavy atom. The Bertz CT molecular complexity index is 1440. The number of fused-ring (bicyclic) bond motifs is 2. The van der Waals surface area contributed by atoms with Gasteiger partial charge in [0.1, 0.15) is 17.7 Å². The number of halogens is 1. The first-order valence-corrected chi connectivity index (χ1v) is 11.7. The molecule has 0 radical (unpaired) electrons. The predicted octanol–water partition coefficient (Wildman–Crippen LogP) is 4.21. The Morgan fingerprint density at radius 3 is 2.60 bits per heavy atom. The van der Waals surface area contributed by atoms with E-state index in [4.69, 9.17) is 0 Å². The zero-order chi connectivity index (χ0) is 23.9. The summed E-state index contributed by atoms with van der Waals surface area (Å²) in [4.78, 5) is 22.7. The molecule has 0 saturated carbocycles. The molecular weight excluding hydrogens is 443 g/mol. The summed E-state index contributed by atoms with van der Waals surface area (Å²) in [7, 11) is 0. The number of hydrogen-bond acceptors (Lipinski definition) is 5. The van der Waals surface area contributed by atoms with Gasteiger partial charge in [0.25, 0.3) is 5.91 Å². The molecule has 2 aromatic heterocycles. The van der Waals surface area contributed by atoms with Gasteiger partial charge in [-0.05, 0) is 43.3 Å². The second-order valence-corrected chi connectivity index (χ2v) is 8.94. The first kappa shape index (κ1) is 21.3. The van der Waals surface area contributed by atoms with Gasteiger partial charge in [0, 0.05) is 60.8 Å². The molecule has 2 aliphatic heterocycles. The number of benzene rings is 2. The van der Waals surface area contributed by atoms with Gasteiger partial charge < -0.3 is 15.1 Å². The molecule has 1 saturated heterocycles. The highest BCUT2D eigenvalue weighted by molar-refractivity contribution is 5.97. The number of allylic oxidation sites excluding steroid dienone is 1. The molecule has 1 N–H and O–H groups in total. The van der Waals surface area contributed by atoms with Crippen LogP contribution < -0.4 is 10.2 Å². The van der Waals surface area contributed by atoms with E-state index in [-0.39, 0.29) is 17.8 Å². The van der Waals surface area contributed by atoms with E-state index < -0.39 is 0 Å². The largest absolute Gasteiger partial charge is 0.368 e. The number of carbonyl (C=O) groups excluding carboxylic acids is 1. The summed E-state index contributed by atoms with van der Waals surface area (Å²) in [6.07, 6.45) is 3.59. The van der Waals surface area contributed by atoms with E-state index in [9.17, 15) is 9.18 Å². The normalized spacial score (nSPS) is 17.9. The van der Waals surface area contributed by atoms with Gasteiger partial charge in [0.15, 0.2) is 0 Å². The van der Waals surface area contributed by atoms with Crippen LogP contribution in [0.3, 0.4) is 0 Å². The molecule has 176 valence electrons. The van der Waals surface area contributed by atoms with Crippen molar-refractivity contribution in [3.63, 3.8) is 0 Å². The molecule has 8 heteroatoms. The van der Waals surface area contributed by atoms with Crippen LogP contribution in [0.25, 0.3) is 10.9 Å². The van der Waals surface area contributed by atoms with Gasteiger partial charge in [-0.3, -0.25) is 9.78 Å². The predicted molar refractivity (Wildman–Crippen MR) is 134 cm³/mol. The van der Waals surface area contributed by atoms with E-state index in [1.54, 1.807) is 18.3 Å². The average Bonchev–Trinajstić information content (AvgIpc) is 3.36. The van der Waals surface area contributed by atoms with Crippen molar-refractivity contribution in [3.05, 3.63) is 95.7 Å². The van der Waals surface area contributed by atoms with E-state index in [0.29, 0.717) is 31.8 Å². The molecule has 2 aliphatic rings. The second kappa shape index (κ2) is 8.54. The maximum atomic E-state index is 13.9. The summed E-state index contributed by atoms with van der Waals surface area (Å²) < 4.78 is 15.2. The molecular formula is C27H25FN6O. The first-order valence-electron chi connectivity index (χ1n) is 11.7. The number of piperazine rings is 1. The molecule has 0 bridgehead atoms. The molecule has 1 unspecified atom stereocenters. The van der Waals surface area contributed by atoms with Crippen molar-refractivity contribution in [2.75, 3.05) is 36.4 Å². The van der Waals surface area contributed by atoms with Gasteiger partial charge in [-0.15, -0.1) is 0 Å². The highest BCUT2D eigenvalue weighted by atomic mass is 19.1. The Kier molecular flexibility index (Phi) is 5.21. The highest BCUT2D eigenvalue weighted by Crippen LogP contribution is 2.37. The number of aromatic nitrogens is 3. The average molecular weight is 469 g/mol. The Morgan fingerprint density at radius 2 is 1.80 bits per heavy atom. The molecule has 2 aromatic carbocycles. The number of nitrogens with one attached hydrogen (secondary N) is 1. The van der Waals surface area contributed by atoms with E-state index >= 15 is 0 Å². The fourth-order valence-corrected chi connectivity index (χ4v) is 5.02. The van der Waals surface area contributed by atoms with Crippen molar-refractivity contribution < 1.29 is 9.18 Å². The van der Waals surface area contributed by atoms with Gasteiger partial charge in [0.05, 0.1) is 17.3 Å². The number of amides is 1. The fraction of sp³-hybridized carbons (Fsp3) is 0.222. The van der Waals surface area contributed by atoms with E-state index in [1.807, 2.05) is 53.0 Å². The number of hydrogen-bond donors (Lipinski definition) is 1. The third-order valence-electron chi connectivity index (χ3n) is 6.82. The van der Waals surface area contributed by atoms with Crippen molar-refractivity contribution >= 4 is 28.3 Å². The van der Waals surface area contributed by atoms with Crippen LogP contribution in [0.15, 0.2) is 84.3 Å². The van der Waals surface area contributed by atoms with Crippen molar-refractivity contribution in [2.24, 2.45) is 0 Å². The lowest BCUT2D eigenvalue weighted by atomic mass is 9.94. The number of pyridine rings is 1. The van der Waals surface area contributed by atoms with Gasteiger partial charge in [-0.1, -0.05) is 18.2 Å². The number of carbonyl (C=O) groups is 1. The quantitative estimate of drug-likeness (QED) is 0.488. The van der Waals surface area contributed by atoms with Crippen LogP contribution >= 0.6 is 0 Å². The van der Waals surface area contributed by atoms with Crippen LogP contribution in [0.1, 0.15) is 18.5 Å². The molecule has 35 heavy (non-hydrogen) atoms. The third-order valence-corrected chi connectivity index (χ3v) is 6.82. The maximum absolute atomic E-state index is 13.9. The number of para-hydroxylation sites is 1. The molecule has 1 atom stereocenters. The van der Waals surface area contributed by atoms with Crippen LogP contribution in [0, 0.1) is 5.82 Å². The minimum atomic E-state index is -0.374. The van der Waals surface area contributed by atoms with E-state index in [2.05, 4.69) is 26.4 Å². The third kappa shape index (κ3) is 3.80. The summed E-state index contributed by atoms with van der Waals surface area (Å²) in [5.41, 5.74) is 4.30. The van der Waals surface area contributed by atoms with Crippen molar-refractivity contribution in [3.8, 4) is 0 Å².